The summed E-state index contributed by atoms with van der Waals surface area (Å²) in [6.07, 6.45) is 1.77. The molecule has 0 saturated carbocycles. The third-order valence-corrected chi connectivity index (χ3v) is 3.78. The van der Waals surface area contributed by atoms with Gasteiger partial charge in [-0.05, 0) is 47.8 Å². The molecule has 0 spiro atoms. The molecule has 1 heterocycles. The maximum absolute atomic E-state index is 10.1. The van der Waals surface area contributed by atoms with Crippen LogP contribution in [0, 0.1) is 11.3 Å². The van der Waals surface area contributed by atoms with E-state index in [2.05, 4.69) is 26.9 Å². The number of hydrogen-bond acceptors (Lipinski definition) is 3. The second kappa shape index (κ2) is 4.67. The molecule has 1 aliphatic heterocycles. The maximum atomic E-state index is 10.1. The van der Waals surface area contributed by atoms with E-state index in [1.807, 2.05) is 25.1 Å². The average Bonchev–Trinajstić information content (AvgIpc) is 2.27. The number of nitrogens with zero attached hydrogens (tertiary/aromatic N) is 2. The summed E-state index contributed by atoms with van der Waals surface area (Å²) >= 11 is 3.39. The van der Waals surface area contributed by atoms with E-state index >= 15 is 0 Å². The molecule has 1 saturated heterocycles. The number of aliphatic hydroxyl groups is 1. The summed E-state index contributed by atoms with van der Waals surface area (Å²) < 4.78 is 0.808. The van der Waals surface area contributed by atoms with Crippen LogP contribution in [-0.4, -0.2) is 23.8 Å². The van der Waals surface area contributed by atoms with Gasteiger partial charge in [0.2, 0.25) is 0 Å². The number of nitriles is 1. The van der Waals surface area contributed by atoms with Crippen molar-refractivity contribution in [2.75, 3.05) is 18.0 Å². The van der Waals surface area contributed by atoms with Crippen LogP contribution in [0.5, 0.6) is 0 Å². The maximum Gasteiger partial charge on any atom is 0.103 e. The van der Waals surface area contributed by atoms with E-state index in [9.17, 15) is 10.4 Å². The lowest BCUT2D eigenvalue weighted by Gasteiger charge is -2.38. The lowest BCUT2D eigenvalue weighted by molar-refractivity contribution is 0.0449. The lowest BCUT2D eigenvalue weighted by Crippen LogP contribution is -2.46. The number of halogens is 1. The predicted molar refractivity (Wildman–Crippen MR) is 70.9 cm³/mol. The van der Waals surface area contributed by atoms with E-state index in [1.165, 1.54) is 0 Å². The van der Waals surface area contributed by atoms with E-state index in [4.69, 9.17) is 0 Å². The number of β-amino-alcohol motifs (C(OH)–C–C–N with tert-alkyl or cyclic N) is 1. The fraction of sp³-hybridized carbons (Fsp3) is 0.462. The van der Waals surface area contributed by atoms with Gasteiger partial charge in [0.15, 0.2) is 0 Å². The van der Waals surface area contributed by atoms with Gasteiger partial charge in [-0.15, -0.1) is 0 Å². The molecule has 1 aromatic carbocycles. The van der Waals surface area contributed by atoms with E-state index in [1.54, 1.807) is 0 Å². The van der Waals surface area contributed by atoms with Crippen molar-refractivity contribution in [1.29, 1.82) is 5.26 Å². The molecule has 3 nitrogen and oxygen atoms in total. The van der Waals surface area contributed by atoms with Gasteiger partial charge < -0.3 is 10.0 Å². The normalized spacial score (nSPS) is 24.5. The Morgan fingerprint density at radius 1 is 1.53 bits per heavy atom. The van der Waals surface area contributed by atoms with Crippen LogP contribution in [0.4, 0.5) is 5.69 Å². The first-order chi connectivity index (χ1) is 8.03. The van der Waals surface area contributed by atoms with Gasteiger partial charge in [-0.25, -0.2) is 0 Å². The molecular weight excluding hydrogens is 280 g/mol. The van der Waals surface area contributed by atoms with Crippen LogP contribution < -0.4 is 4.90 Å². The molecule has 1 atom stereocenters. The average molecular weight is 295 g/mol. The Morgan fingerprint density at radius 3 is 2.94 bits per heavy atom. The number of anilines is 1. The molecule has 4 heteroatoms. The summed E-state index contributed by atoms with van der Waals surface area (Å²) in [6.45, 7) is 3.32. The smallest absolute Gasteiger partial charge is 0.103 e. The van der Waals surface area contributed by atoms with Crippen molar-refractivity contribution in [3.05, 3.63) is 28.2 Å². The van der Waals surface area contributed by atoms with Crippen LogP contribution in [-0.2, 0) is 0 Å². The van der Waals surface area contributed by atoms with Crippen LogP contribution in [0.2, 0.25) is 0 Å². The van der Waals surface area contributed by atoms with Crippen molar-refractivity contribution in [3.8, 4) is 6.07 Å². The topological polar surface area (TPSA) is 47.3 Å². The molecule has 2 rings (SSSR count). The minimum atomic E-state index is -0.659. The number of benzene rings is 1. The van der Waals surface area contributed by atoms with E-state index in [-0.39, 0.29) is 0 Å². The highest BCUT2D eigenvalue weighted by atomic mass is 79.9. The molecule has 1 unspecified atom stereocenters. The lowest BCUT2D eigenvalue weighted by atomic mass is 9.94. The van der Waals surface area contributed by atoms with Crippen LogP contribution >= 0.6 is 15.9 Å². The van der Waals surface area contributed by atoms with Gasteiger partial charge >= 0.3 is 0 Å². The highest BCUT2D eigenvalue weighted by Crippen LogP contribution is 2.31. The summed E-state index contributed by atoms with van der Waals surface area (Å²) in [5.74, 6) is 0. The Kier molecular flexibility index (Phi) is 3.41. The molecule has 1 fully saturated rings. The summed E-state index contributed by atoms with van der Waals surface area (Å²) in [4.78, 5) is 2.09. The molecule has 1 N–H and O–H groups in total. The van der Waals surface area contributed by atoms with Gasteiger partial charge in [0, 0.05) is 17.6 Å². The van der Waals surface area contributed by atoms with Crippen molar-refractivity contribution in [3.63, 3.8) is 0 Å². The zero-order valence-electron chi connectivity index (χ0n) is 9.78. The Morgan fingerprint density at radius 2 is 2.29 bits per heavy atom. The number of hydrogen-bond donors (Lipinski definition) is 1. The van der Waals surface area contributed by atoms with Gasteiger partial charge in [-0.1, -0.05) is 6.07 Å². The highest BCUT2D eigenvalue weighted by molar-refractivity contribution is 9.10. The summed E-state index contributed by atoms with van der Waals surface area (Å²) in [5.41, 5.74) is 0.889. The minimum absolute atomic E-state index is 0.581. The first-order valence-corrected chi connectivity index (χ1v) is 6.49. The predicted octanol–water partition coefficient (Wildman–Crippen LogP) is 2.67. The second-order valence-electron chi connectivity index (χ2n) is 4.77. The van der Waals surface area contributed by atoms with Crippen LogP contribution in [0.1, 0.15) is 25.3 Å². The molecule has 0 amide bonds. The first kappa shape index (κ1) is 12.4. The summed E-state index contributed by atoms with van der Waals surface area (Å²) in [7, 11) is 0. The molecule has 90 valence electrons. The number of piperidine rings is 1. The van der Waals surface area contributed by atoms with Crippen LogP contribution in [0.25, 0.3) is 0 Å². The third-order valence-electron chi connectivity index (χ3n) is 3.12. The molecule has 0 bridgehead atoms. The number of rotatable bonds is 1. The van der Waals surface area contributed by atoms with Gasteiger partial charge in [0.05, 0.1) is 16.9 Å². The van der Waals surface area contributed by atoms with E-state index in [0.29, 0.717) is 12.1 Å². The minimum Gasteiger partial charge on any atom is -0.388 e. The molecule has 1 aliphatic rings. The summed E-state index contributed by atoms with van der Waals surface area (Å²) in [5, 5.41) is 19.3. The molecule has 0 aliphatic carbocycles. The summed E-state index contributed by atoms with van der Waals surface area (Å²) in [6, 6.07) is 7.94. The highest BCUT2D eigenvalue weighted by Gasteiger charge is 2.29. The van der Waals surface area contributed by atoms with Crippen molar-refractivity contribution < 1.29 is 5.11 Å². The zero-order chi connectivity index (χ0) is 12.5. The fourth-order valence-corrected chi connectivity index (χ4v) is 2.76. The fourth-order valence-electron chi connectivity index (χ4n) is 2.31. The Balaban J connectivity index is 2.35. The van der Waals surface area contributed by atoms with Crippen LogP contribution in [0.15, 0.2) is 22.7 Å². The standard InChI is InChI=1S/C13H15BrN2O/c1-13(17)6-3-7-16(9-13)12-5-2-4-11(14)10(12)8-15/h2,4-5,17H,3,6-7,9H2,1H3. The van der Waals surface area contributed by atoms with Crippen molar-refractivity contribution in [2.45, 2.75) is 25.4 Å². The van der Waals surface area contributed by atoms with Crippen LogP contribution in [0.3, 0.4) is 0 Å². The van der Waals surface area contributed by atoms with E-state index in [0.717, 1.165) is 29.5 Å². The monoisotopic (exact) mass is 294 g/mol. The third kappa shape index (κ3) is 2.62. The first-order valence-electron chi connectivity index (χ1n) is 5.69. The van der Waals surface area contributed by atoms with Crippen molar-refractivity contribution >= 4 is 21.6 Å². The Bertz CT molecular complexity index is 465. The second-order valence-corrected chi connectivity index (χ2v) is 5.62. The van der Waals surface area contributed by atoms with E-state index < -0.39 is 5.60 Å². The largest absolute Gasteiger partial charge is 0.388 e. The van der Waals surface area contributed by atoms with Crippen molar-refractivity contribution in [2.24, 2.45) is 0 Å². The molecule has 17 heavy (non-hydrogen) atoms. The SMILES string of the molecule is CC1(O)CCCN(c2cccc(Br)c2C#N)C1. The molecule has 0 radical (unpaired) electrons. The Hall–Kier alpha value is -1.05. The van der Waals surface area contributed by atoms with Gasteiger partial charge in [-0.3, -0.25) is 0 Å². The van der Waals surface area contributed by atoms with Gasteiger partial charge in [0.25, 0.3) is 0 Å². The Labute approximate surface area is 110 Å². The quantitative estimate of drug-likeness (QED) is 0.866. The van der Waals surface area contributed by atoms with Gasteiger partial charge in [0.1, 0.15) is 6.07 Å². The molecular formula is C13H15BrN2O. The van der Waals surface area contributed by atoms with Gasteiger partial charge in [-0.2, -0.15) is 5.26 Å². The molecule has 1 aromatic rings. The zero-order valence-corrected chi connectivity index (χ0v) is 11.4. The molecule has 0 aromatic heterocycles. The van der Waals surface area contributed by atoms with Crippen molar-refractivity contribution in [1.82, 2.24) is 0 Å².